The van der Waals surface area contributed by atoms with Crippen molar-refractivity contribution < 1.29 is 9.59 Å². The molecule has 2 aromatic carbocycles. The number of benzene rings is 2. The highest BCUT2D eigenvalue weighted by atomic mass is 35.5. The van der Waals surface area contributed by atoms with Crippen LogP contribution in [0.5, 0.6) is 0 Å². The predicted molar refractivity (Wildman–Crippen MR) is 132 cm³/mol. The Balaban J connectivity index is 2.00. The minimum Gasteiger partial charge on any atom is -0.354 e. The Hall–Kier alpha value is -1.69. The van der Waals surface area contributed by atoms with Crippen LogP contribution in [0.2, 0.25) is 10.0 Å². The standard InChI is InChI=1S/C24H30Cl2N2O2S/c1-17(2)14-27-24(30)18(3)28(12-11-19-7-5-4-6-8-19)23(29)16-31-15-20-9-10-21(25)13-22(20)26/h4-10,13,17-18H,11-12,14-16H2,1-3H3,(H,27,30)/t18-/m0/s1. The molecule has 2 rings (SSSR count). The lowest BCUT2D eigenvalue weighted by Gasteiger charge is -2.29. The highest BCUT2D eigenvalue weighted by Crippen LogP contribution is 2.25. The van der Waals surface area contributed by atoms with Crippen molar-refractivity contribution in [3.63, 3.8) is 0 Å². The Labute approximate surface area is 199 Å². The number of nitrogens with zero attached hydrogens (tertiary/aromatic N) is 1. The lowest BCUT2D eigenvalue weighted by atomic mass is 10.1. The molecule has 0 saturated carbocycles. The Morgan fingerprint density at radius 1 is 1.06 bits per heavy atom. The van der Waals surface area contributed by atoms with Gasteiger partial charge in [-0.2, -0.15) is 0 Å². The summed E-state index contributed by atoms with van der Waals surface area (Å²) in [6.07, 6.45) is 0.696. The fraction of sp³-hybridized carbons (Fsp3) is 0.417. The minimum absolute atomic E-state index is 0.0572. The molecule has 1 N–H and O–H groups in total. The second-order valence-corrected chi connectivity index (χ2v) is 9.70. The van der Waals surface area contributed by atoms with Crippen LogP contribution >= 0.6 is 35.0 Å². The van der Waals surface area contributed by atoms with Crippen molar-refractivity contribution >= 4 is 46.8 Å². The van der Waals surface area contributed by atoms with Crippen molar-refractivity contribution in [3.05, 3.63) is 69.7 Å². The maximum atomic E-state index is 13.0. The summed E-state index contributed by atoms with van der Waals surface area (Å²) in [6.45, 7) is 6.96. The van der Waals surface area contributed by atoms with Crippen LogP contribution in [0.3, 0.4) is 0 Å². The lowest BCUT2D eigenvalue weighted by molar-refractivity contribution is -0.138. The smallest absolute Gasteiger partial charge is 0.242 e. The van der Waals surface area contributed by atoms with Gasteiger partial charge < -0.3 is 10.2 Å². The predicted octanol–water partition coefficient (Wildman–Crippen LogP) is 5.46. The average molecular weight is 481 g/mol. The highest BCUT2D eigenvalue weighted by Gasteiger charge is 2.25. The summed E-state index contributed by atoms with van der Waals surface area (Å²) >= 11 is 13.7. The van der Waals surface area contributed by atoms with Crippen LogP contribution in [-0.4, -0.2) is 41.6 Å². The van der Waals surface area contributed by atoms with Crippen molar-refractivity contribution in [2.75, 3.05) is 18.8 Å². The number of carbonyl (C=O) groups excluding carboxylic acids is 2. The van der Waals surface area contributed by atoms with Gasteiger partial charge in [0, 0.05) is 28.9 Å². The Morgan fingerprint density at radius 3 is 2.42 bits per heavy atom. The number of rotatable bonds is 11. The van der Waals surface area contributed by atoms with E-state index < -0.39 is 6.04 Å². The molecule has 0 radical (unpaired) electrons. The van der Waals surface area contributed by atoms with Crippen molar-refractivity contribution in [2.45, 2.75) is 39.0 Å². The van der Waals surface area contributed by atoms with Gasteiger partial charge in [-0.15, -0.1) is 11.8 Å². The van der Waals surface area contributed by atoms with Crippen LogP contribution in [-0.2, 0) is 21.8 Å². The zero-order valence-corrected chi connectivity index (χ0v) is 20.6. The minimum atomic E-state index is -0.533. The van der Waals surface area contributed by atoms with Crippen LogP contribution in [0, 0.1) is 5.92 Å². The number of halogens is 2. The summed E-state index contributed by atoms with van der Waals surface area (Å²) < 4.78 is 0. The van der Waals surface area contributed by atoms with Crippen LogP contribution in [0.25, 0.3) is 0 Å². The Morgan fingerprint density at radius 2 is 1.77 bits per heavy atom. The molecule has 0 heterocycles. The summed E-state index contributed by atoms with van der Waals surface area (Å²) in [5.41, 5.74) is 2.07. The average Bonchev–Trinajstić information content (AvgIpc) is 2.74. The van der Waals surface area contributed by atoms with Crippen molar-refractivity contribution in [1.82, 2.24) is 10.2 Å². The second-order valence-electron chi connectivity index (χ2n) is 7.87. The van der Waals surface area contributed by atoms with Gasteiger partial charge in [0.05, 0.1) is 5.75 Å². The quantitative estimate of drug-likeness (QED) is 0.464. The molecule has 7 heteroatoms. The number of hydrogen-bond acceptors (Lipinski definition) is 3. The summed E-state index contributed by atoms with van der Waals surface area (Å²) in [5, 5.41) is 4.12. The topological polar surface area (TPSA) is 49.4 Å². The fourth-order valence-electron chi connectivity index (χ4n) is 2.99. The van der Waals surface area contributed by atoms with Gasteiger partial charge in [-0.1, -0.05) is 73.4 Å². The second kappa shape index (κ2) is 13.0. The SMILES string of the molecule is CC(C)CNC(=O)[C@H](C)N(CCc1ccccc1)C(=O)CSCc1ccc(Cl)cc1Cl. The summed E-state index contributed by atoms with van der Waals surface area (Å²) in [4.78, 5) is 27.4. The molecule has 1 atom stereocenters. The number of amides is 2. The third-order valence-corrected chi connectivity index (χ3v) is 6.39. The van der Waals surface area contributed by atoms with Gasteiger partial charge in [-0.25, -0.2) is 0 Å². The van der Waals surface area contributed by atoms with E-state index in [0.29, 0.717) is 41.2 Å². The first-order valence-corrected chi connectivity index (χ1v) is 12.3. The molecule has 2 aromatic rings. The molecule has 2 amide bonds. The van der Waals surface area contributed by atoms with E-state index in [2.05, 4.69) is 5.32 Å². The van der Waals surface area contributed by atoms with Gasteiger partial charge in [0.15, 0.2) is 0 Å². The molecular formula is C24H30Cl2N2O2S. The molecule has 168 valence electrons. The molecule has 4 nitrogen and oxygen atoms in total. The van der Waals surface area contributed by atoms with Crippen molar-refractivity contribution in [1.29, 1.82) is 0 Å². The third-order valence-electron chi connectivity index (χ3n) is 4.83. The van der Waals surface area contributed by atoms with E-state index >= 15 is 0 Å². The molecule has 0 spiro atoms. The summed E-state index contributed by atoms with van der Waals surface area (Å²) in [6, 6.07) is 14.8. The van der Waals surface area contributed by atoms with Gasteiger partial charge in [0.25, 0.3) is 0 Å². The Kier molecular flexibility index (Phi) is 10.7. The zero-order valence-electron chi connectivity index (χ0n) is 18.2. The number of thioether (sulfide) groups is 1. The van der Waals surface area contributed by atoms with Gasteiger partial charge >= 0.3 is 0 Å². The summed E-state index contributed by atoms with van der Waals surface area (Å²) in [7, 11) is 0. The van der Waals surface area contributed by atoms with E-state index in [1.165, 1.54) is 11.8 Å². The molecule has 0 aliphatic carbocycles. The van der Waals surface area contributed by atoms with E-state index in [9.17, 15) is 9.59 Å². The maximum Gasteiger partial charge on any atom is 0.242 e. The molecule has 0 aliphatic rings. The molecule has 0 fully saturated rings. The first-order chi connectivity index (χ1) is 14.8. The monoisotopic (exact) mass is 480 g/mol. The summed E-state index contributed by atoms with van der Waals surface area (Å²) in [5.74, 6) is 1.04. The molecule has 0 aromatic heterocycles. The van der Waals surface area contributed by atoms with Crippen LogP contribution in [0.4, 0.5) is 0 Å². The fourth-order valence-corrected chi connectivity index (χ4v) is 4.46. The van der Waals surface area contributed by atoms with E-state index in [4.69, 9.17) is 23.2 Å². The number of hydrogen-bond donors (Lipinski definition) is 1. The van der Waals surface area contributed by atoms with E-state index in [-0.39, 0.29) is 17.6 Å². The van der Waals surface area contributed by atoms with E-state index in [0.717, 1.165) is 11.1 Å². The highest BCUT2D eigenvalue weighted by molar-refractivity contribution is 7.99. The van der Waals surface area contributed by atoms with Crippen molar-refractivity contribution in [3.8, 4) is 0 Å². The van der Waals surface area contributed by atoms with E-state index in [1.54, 1.807) is 24.0 Å². The number of nitrogens with one attached hydrogen (secondary N) is 1. The normalized spacial score (nSPS) is 11.9. The van der Waals surface area contributed by atoms with Crippen LogP contribution < -0.4 is 5.32 Å². The van der Waals surface area contributed by atoms with Gasteiger partial charge in [0.2, 0.25) is 11.8 Å². The largest absolute Gasteiger partial charge is 0.354 e. The molecular weight excluding hydrogens is 451 g/mol. The van der Waals surface area contributed by atoms with Gasteiger partial charge in [-0.3, -0.25) is 9.59 Å². The number of carbonyl (C=O) groups is 2. The molecule has 0 saturated heterocycles. The van der Waals surface area contributed by atoms with Gasteiger partial charge in [-0.05, 0) is 42.5 Å². The lowest BCUT2D eigenvalue weighted by Crippen LogP contribution is -2.50. The first kappa shape index (κ1) is 25.6. The Bertz CT molecular complexity index is 862. The van der Waals surface area contributed by atoms with E-state index in [1.807, 2.05) is 50.2 Å². The molecule has 0 aliphatic heterocycles. The molecule has 31 heavy (non-hydrogen) atoms. The van der Waals surface area contributed by atoms with Crippen molar-refractivity contribution in [2.24, 2.45) is 5.92 Å². The third kappa shape index (κ3) is 8.76. The zero-order chi connectivity index (χ0) is 22.8. The maximum absolute atomic E-state index is 13.0. The van der Waals surface area contributed by atoms with Crippen LogP contribution in [0.1, 0.15) is 31.9 Å². The first-order valence-electron chi connectivity index (χ1n) is 10.4. The molecule has 0 bridgehead atoms. The van der Waals surface area contributed by atoms with Gasteiger partial charge in [0.1, 0.15) is 6.04 Å². The molecule has 0 unspecified atom stereocenters. The van der Waals surface area contributed by atoms with Crippen LogP contribution in [0.15, 0.2) is 48.5 Å².